The summed E-state index contributed by atoms with van der Waals surface area (Å²) in [5.74, 6) is 0.929. The zero-order valence-electron chi connectivity index (χ0n) is 14.5. The van der Waals surface area contributed by atoms with E-state index in [0.717, 1.165) is 25.9 Å². The highest BCUT2D eigenvalue weighted by Crippen LogP contribution is 2.27. The maximum atomic E-state index is 12.5. The van der Waals surface area contributed by atoms with Crippen molar-refractivity contribution in [3.63, 3.8) is 0 Å². The van der Waals surface area contributed by atoms with Gasteiger partial charge in [0, 0.05) is 33.1 Å². The Balaban J connectivity index is 1.43. The van der Waals surface area contributed by atoms with Crippen molar-refractivity contribution in [3.8, 4) is 0 Å². The Morgan fingerprint density at radius 3 is 2.08 bits per heavy atom. The summed E-state index contributed by atoms with van der Waals surface area (Å²) in [6.45, 7) is 6.74. The van der Waals surface area contributed by atoms with Crippen molar-refractivity contribution in [2.45, 2.75) is 25.7 Å². The lowest BCUT2D eigenvalue weighted by Gasteiger charge is -2.37. The fraction of sp³-hybridized carbons (Fsp3) is 0.579. The Morgan fingerprint density at radius 1 is 0.917 bits per heavy atom. The molecule has 2 fully saturated rings. The number of nitrogens with zero attached hydrogens (tertiary/aromatic N) is 3. The highest BCUT2D eigenvalue weighted by Gasteiger charge is 2.26. The van der Waals surface area contributed by atoms with Crippen LogP contribution in [0.5, 0.6) is 0 Å². The van der Waals surface area contributed by atoms with Crippen molar-refractivity contribution in [2.75, 3.05) is 45.8 Å². The number of rotatable bonds is 3. The van der Waals surface area contributed by atoms with Gasteiger partial charge in [0.15, 0.2) is 0 Å². The predicted molar refractivity (Wildman–Crippen MR) is 93.7 cm³/mol. The van der Waals surface area contributed by atoms with Gasteiger partial charge in [-0.2, -0.15) is 0 Å². The lowest BCUT2D eigenvalue weighted by atomic mass is 9.89. The van der Waals surface area contributed by atoms with Crippen LogP contribution in [0.25, 0.3) is 0 Å². The Labute approximate surface area is 144 Å². The summed E-state index contributed by atoms with van der Waals surface area (Å²) in [7, 11) is 0. The number of carbonyl (C=O) groups is 2. The van der Waals surface area contributed by atoms with Crippen molar-refractivity contribution in [3.05, 3.63) is 35.9 Å². The van der Waals surface area contributed by atoms with Gasteiger partial charge >= 0.3 is 0 Å². The molecule has 3 rings (SSSR count). The van der Waals surface area contributed by atoms with E-state index in [0.29, 0.717) is 38.6 Å². The van der Waals surface area contributed by atoms with E-state index < -0.39 is 0 Å². The van der Waals surface area contributed by atoms with Crippen LogP contribution in [0.3, 0.4) is 0 Å². The second-order valence-corrected chi connectivity index (χ2v) is 6.85. The maximum Gasteiger partial charge on any atom is 0.236 e. The molecule has 1 aromatic rings. The van der Waals surface area contributed by atoms with Gasteiger partial charge in [-0.05, 0) is 37.4 Å². The Bertz CT molecular complexity index is 559. The van der Waals surface area contributed by atoms with Crippen molar-refractivity contribution >= 4 is 11.8 Å². The fourth-order valence-electron chi connectivity index (χ4n) is 3.71. The van der Waals surface area contributed by atoms with Crippen LogP contribution in [0.4, 0.5) is 0 Å². The molecule has 2 aliphatic heterocycles. The molecule has 0 radical (unpaired) electrons. The fourth-order valence-corrected chi connectivity index (χ4v) is 3.71. The summed E-state index contributed by atoms with van der Waals surface area (Å²) in [6, 6.07) is 10.7. The molecule has 2 aliphatic rings. The number of benzene rings is 1. The summed E-state index contributed by atoms with van der Waals surface area (Å²) >= 11 is 0. The van der Waals surface area contributed by atoms with Crippen LogP contribution in [0.2, 0.25) is 0 Å². The van der Waals surface area contributed by atoms with Gasteiger partial charge in [0.2, 0.25) is 11.8 Å². The van der Waals surface area contributed by atoms with Gasteiger partial charge in [0.25, 0.3) is 0 Å². The number of hydrogen-bond acceptors (Lipinski definition) is 3. The zero-order chi connectivity index (χ0) is 16.9. The lowest BCUT2D eigenvalue weighted by molar-refractivity contribution is -0.139. The summed E-state index contributed by atoms with van der Waals surface area (Å²) in [4.78, 5) is 29.8. The normalized spacial score (nSPS) is 20.2. The van der Waals surface area contributed by atoms with E-state index in [1.165, 1.54) is 5.56 Å². The van der Waals surface area contributed by atoms with Crippen molar-refractivity contribution in [1.82, 2.24) is 14.7 Å². The minimum Gasteiger partial charge on any atom is -0.339 e. The molecule has 5 heteroatoms. The van der Waals surface area contributed by atoms with Gasteiger partial charge in [0.1, 0.15) is 0 Å². The first-order chi connectivity index (χ1) is 11.6. The minimum absolute atomic E-state index is 0.102. The van der Waals surface area contributed by atoms with Crippen molar-refractivity contribution < 1.29 is 9.59 Å². The molecule has 0 N–H and O–H groups in total. The second-order valence-electron chi connectivity index (χ2n) is 6.85. The van der Waals surface area contributed by atoms with E-state index in [9.17, 15) is 9.59 Å². The number of likely N-dealkylation sites (tertiary alicyclic amines) is 1. The molecule has 5 nitrogen and oxygen atoms in total. The average molecular weight is 329 g/mol. The van der Waals surface area contributed by atoms with Gasteiger partial charge in [-0.3, -0.25) is 14.5 Å². The van der Waals surface area contributed by atoms with Gasteiger partial charge in [-0.15, -0.1) is 0 Å². The van der Waals surface area contributed by atoms with Gasteiger partial charge < -0.3 is 9.80 Å². The highest BCUT2D eigenvalue weighted by molar-refractivity contribution is 5.79. The molecule has 0 bridgehead atoms. The smallest absolute Gasteiger partial charge is 0.236 e. The number of carbonyl (C=O) groups excluding carboxylic acids is 2. The first-order valence-electron chi connectivity index (χ1n) is 8.94. The van der Waals surface area contributed by atoms with E-state index in [2.05, 4.69) is 35.2 Å². The first-order valence-corrected chi connectivity index (χ1v) is 8.94. The standard InChI is InChI=1S/C19H27N3O2/c1-16(23)21-11-13-22(14-12-21)19(24)15-20-9-7-18(8-10-20)17-5-3-2-4-6-17/h2-6,18H,7-15H2,1H3. The van der Waals surface area contributed by atoms with Crippen LogP contribution in [0, 0.1) is 0 Å². The summed E-state index contributed by atoms with van der Waals surface area (Å²) in [6.07, 6.45) is 2.24. The second kappa shape index (κ2) is 7.79. The van der Waals surface area contributed by atoms with Crippen LogP contribution in [0.1, 0.15) is 31.2 Å². The highest BCUT2D eigenvalue weighted by atomic mass is 16.2. The van der Waals surface area contributed by atoms with E-state index in [-0.39, 0.29) is 11.8 Å². The van der Waals surface area contributed by atoms with Crippen LogP contribution in [-0.4, -0.2) is 72.3 Å². The predicted octanol–water partition coefficient (Wildman–Crippen LogP) is 1.56. The molecule has 2 saturated heterocycles. The Kier molecular flexibility index (Phi) is 5.51. The van der Waals surface area contributed by atoms with Crippen LogP contribution < -0.4 is 0 Å². The zero-order valence-corrected chi connectivity index (χ0v) is 14.5. The van der Waals surface area contributed by atoms with E-state index in [1.807, 2.05) is 9.80 Å². The van der Waals surface area contributed by atoms with Crippen LogP contribution in [-0.2, 0) is 9.59 Å². The molecular weight excluding hydrogens is 302 g/mol. The molecular formula is C19H27N3O2. The summed E-state index contributed by atoms with van der Waals surface area (Å²) in [5, 5.41) is 0. The maximum absolute atomic E-state index is 12.5. The quantitative estimate of drug-likeness (QED) is 0.845. The molecule has 24 heavy (non-hydrogen) atoms. The molecule has 1 aromatic carbocycles. The average Bonchev–Trinajstić information content (AvgIpc) is 2.63. The first kappa shape index (κ1) is 17.0. The largest absolute Gasteiger partial charge is 0.339 e. The Morgan fingerprint density at radius 2 is 1.50 bits per heavy atom. The van der Waals surface area contributed by atoms with Crippen molar-refractivity contribution in [2.24, 2.45) is 0 Å². The topological polar surface area (TPSA) is 43.9 Å². The number of piperidine rings is 1. The summed E-state index contributed by atoms with van der Waals surface area (Å²) < 4.78 is 0. The summed E-state index contributed by atoms with van der Waals surface area (Å²) in [5.41, 5.74) is 1.42. The van der Waals surface area contributed by atoms with Gasteiger partial charge in [0.05, 0.1) is 6.54 Å². The molecule has 0 aromatic heterocycles. The molecule has 0 atom stereocenters. The Hall–Kier alpha value is -1.88. The van der Waals surface area contributed by atoms with Crippen LogP contribution >= 0.6 is 0 Å². The molecule has 2 heterocycles. The molecule has 0 spiro atoms. The van der Waals surface area contributed by atoms with Gasteiger partial charge in [-0.1, -0.05) is 30.3 Å². The number of hydrogen-bond donors (Lipinski definition) is 0. The van der Waals surface area contributed by atoms with Crippen LogP contribution in [0.15, 0.2) is 30.3 Å². The van der Waals surface area contributed by atoms with E-state index in [1.54, 1.807) is 6.92 Å². The molecule has 0 saturated carbocycles. The molecule has 130 valence electrons. The third-order valence-corrected chi connectivity index (χ3v) is 5.30. The van der Waals surface area contributed by atoms with Crippen molar-refractivity contribution in [1.29, 1.82) is 0 Å². The SMILES string of the molecule is CC(=O)N1CCN(C(=O)CN2CCC(c3ccccc3)CC2)CC1. The van der Waals surface area contributed by atoms with E-state index in [4.69, 9.17) is 0 Å². The number of piperazine rings is 1. The van der Waals surface area contributed by atoms with E-state index >= 15 is 0 Å². The third-order valence-electron chi connectivity index (χ3n) is 5.30. The van der Waals surface area contributed by atoms with Gasteiger partial charge in [-0.25, -0.2) is 0 Å². The minimum atomic E-state index is 0.102. The number of amides is 2. The molecule has 0 aliphatic carbocycles. The molecule has 0 unspecified atom stereocenters. The third kappa shape index (κ3) is 4.15. The lowest BCUT2D eigenvalue weighted by Crippen LogP contribution is -2.52. The monoisotopic (exact) mass is 329 g/mol. The molecule has 2 amide bonds.